The van der Waals surface area contributed by atoms with Crippen LogP contribution in [0.2, 0.25) is 0 Å². The zero-order chi connectivity index (χ0) is 16.4. The van der Waals surface area contributed by atoms with Crippen LogP contribution in [0.5, 0.6) is 0 Å². The number of amides is 1. The van der Waals surface area contributed by atoms with E-state index in [1.165, 1.54) is 17.8 Å². The van der Waals surface area contributed by atoms with Crippen molar-refractivity contribution in [2.24, 2.45) is 0 Å². The van der Waals surface area contributed by atoms with Crippen molar-refractivity contribution in [3.63, 3.8) is 0 Å². The van der Waals surface area contributed by atoms with Gasteiger partial charge in [0.05, 0.1) is 11.8 Å². The number of hydrogen-bond donors (Lipinski definition) is 2. The fourth-order valence-electron chi connectivity index (χ4n) is 2.12. The van der Waals surface area contributed by atoms with Gasteiger partial charge in [-0.1, -0.05) is 16.9 Å². The monoisotopic (exact) mass is 334 g/mol. The molecule has 0 unspecified atom stereocenters. The summed E-state index contributed by atoms with van der Waals surface area (Å²) >= 11 is 1.21. The highest BCUT2D eigenvalue weighted by Gasteiger charge is 2.28. The van der Waals surface area contributed by atoms with Crippen LogP contribution in [0.3, 0.4) is 0 Å². The first-order valence-corrected chi connectivity index (χ1v) is 8.37. The Kier molecular flexibility index (Phi) is 4.51. The molecule has 0 aliphatic heterocycles. The lowest BCUT2D eigenvalue weighted by Gasteiger charge is -2.10. The van der Waals surface area contributed by atoms with Crippen LogP contribution < -0.4 is 10.9 Å². The van der Waals surface area contributed by atoms with Gasteiger partial charge in [-0.15, -0.1) is 0 Å². The van der Waals surface area contributed by atoms with Gasteiger partial charge in [0.2, 0.25) is 5.91 Å². The molecule has 1 aliphatic rings. The van der Waals surface area contributed by atoms with Crippen LogP contribution in [0.1, 0.15) is 42.8 Å². The number of nitrogens with one attached hydrogen (secondary N) is 2. The minimum absolute atomic E-state index is 0.143. The molecule has 2 N–H and O–H groups in total. The second-order valence-corrected chi connectivity index (χ2v) is 6.99. The highest BCUT2D eigenvalue weighted by Crippen LogP contribution is 2.40. The Morgan fingerprint density at radius 3 is 3.00 bits per heavy atom. The minimum Gasteiger partial charge on any atom is -0.361 e. The Morgan fingerprint density at radius 2 is 2.30 bits per heavy atom. The summed E-state index contributed by atoms with van der Waals surface area (Å²) in [7, 11) is 0. The first-order chi connectivity index (χ1) is 11.0. The molecule has 1 fully saturated rings. The van der Waals surface area contributed by atoms with E-state index in [1.54, 1.807) is 13.8 Å². The van der Waals surface area contributed by atoms with Gasteiger partial charge in [0.25, 0.3) is 5.56 Å². The third-order valence-electron chi connectivity index (χ3n) is 3.51. The summed E-state index contributed by atoms with van der Waals surface area (Å²) in [6.45, 7) is 3.84. The third kappa shape index (κ3) is 4.22. The van der Waals surface area contributed by atoms with E-state index in [9.17, 15) is 9.59 Å². The van der Waals surface area contributed by atoms with E-state index >= 15 is 0 Å². The standard InChI is InChI=1S/C15H18N4O3S/c1-8-5-13(20)18-15(17-8)23-9(2)14(21)16-7-11-6-12(22-19-11)10-3-4-10/h5-6,9-10H,3-4,7H2,1-2H3,(H,16,21)(H,17,18,20)/t9-/m0/s1. The quantitative estimate of drug-likeness (QED) is 0.616. The first kappa shape index (κ1) is 15.8. The average Bonchev–Trinajstić information content (AvgIpc) is 3.22. The van der Waals surface area contributed by atoms with E-state index in [1.807, 2.05) is 6.07 Å². The van der Waals surface area contributed by atoms with Gasteiger partial charge in [-0.25, -0.2) is 4.98 Å². The van der Waals surface area contributed by atoms with Gasteiger partial charge < -0.3 is 14.8 Å². The van der Waals surface area contributed by atoms with Crippen molar-refractivity contribution in [3.8, 4) is 0 Å². The summed E-state index contributed by atoms with van der Waals surface area (Å²) in [6.07, 6.45) is 2.30. The molecule has 0 bridgehead atoms. The number of H-pyrrole nitrogens is 1. The molecular formula is C15H18N4O3S. The molecule has 1 amide bonds. The summed E-state index contributed by atoms with van der Waals surface area (Å²) in [6, 6.07) is 3.31. The number of hydrogen-bond acceptors (Lipinski definition) is 6. The number of rotatable bonds is 6. The van der Waals surface area contributed by atoms with E-state index in [0.29, 0.717) is 23.3 Å². The predicted molar refractivity (Wildman–Crippen MR) is 85.2 cm³/mol. The van der Waals surface area contributed by atoms with Gasteiger partial charge in [-0.3, -0.25) is 9.59 Å². The van der Waals surface area contributed by atoms with Gasteiger partial charge >= 0.3 is 0 Å². The summed E-state index contributed by atoms with van der Waals surface area (Å²) < 4.78 is 5.25. The van der Waals surface area contributed by atoms with Crippen molar-refractivity contribution in [1.29, 1.82) is 0 Å². The van der Waals surface area contributed by atoms with E-state index < -0.39 is 0 Å². The number of carbonyl (C=O) groups excluding carboxylic acids is 1. The molecule has 23 heavy (non-hydrogen) atoms. The molecule has 7 nitrogen and oxygen atoms in total. The molecule has 2 aromatic rings. The van der Waals surface area contributed by atoms with Crippen LogP contribution >= 0.6 is 11.8 Å². The van der Waals surface area contributed by atoms with Crippen LogP contribution in [0.4, 0.5) is 0 Å². The molecule has 3 rings (SSSR count). The number of nitrogens with zero attached hydrogens (tertiary/aromatic N) is 2. The maximum absolute atomic E-state index is 12.1. The molecule has 2 heterocycles. The summed E-state index contributed by atoms with van der Waals surface area (Å²) in [5.74, 6) is 1.26. The number of aryl methyl sites for hydroxylation is 1. The highest BCUT2D eigenvalue weighted by atomic mass is 32.2. The fourth-order valence-corrected chi connectivity index (χ4v) is 3.00. The zero-order valence-corrected chi connectivity index (χ0v) is 13.8. The molecule has 2 aromatic heterocycles. The van der Waals surface area contributed by atoms with Gasteiger partial charge in [-0.2, -0.15) is 0 Å². The Morgan fingerprint density at radius 1 is 1.52 bits per heavy atom. The van der Waals surface area contributed by atoms with E-state index in [0.717, 1.165) is 24.3 Å². The SMILES string of the molecule is Cc1cc(=O)[nH]c(S[C@@H](C)C(=O)NCc2cc(C3CC3)on2)n1. The van der Waals surface area contributed by atoms with Crippen molar-refractivity contribution in [2.75, 3.05) is 0 Å². The molecule has 8 heteroatoms. The smallest absolute Gasteiger partial charge is 0.251 e. The summed E-state index contributed by atoms with van der Waals surface area (Å²) in [4.78, 5) is 30.4. The molecular weight excluding hydrogens is 316 g/mol. The van der Waals surface area contributed by atoms with Gasteiger partial charge in [0.15, 0.2) is 5.16 Å². The van der Waals surface area contributed by atoms with Gasteiger partial charge in [0, 0.05) is 23.7 Å². The number of carbonyl (C=O) groups is 1. The Hall–Kier alpha value is -2.09. The van der Waals surface area contributed by atoms with Crippen LogP contribution in [-0.4, -0.2) is 26.3 Å². The molecule has 0 spiro atoms. The molecule has 122 valence electrons. The van der Waals surface area contributed by atoms with Gasteiger partial charge in [-0.05, 0) is 26.7 Å². The Bertz CT molecular complexity index is 766. The molecule has 1 saturated carbocycles. The first-order valence-electron chi connectivity index (χ1n) is 7.49. The number of aromatic amines is 1. The molecule has 0 saturated heterocycles. The van der Waals surface area contributed by atoms with Crippen LogP contribution in [-0.2, 0) is 11.3 Å². The second kappa shape index (κ2) is 6.57. The fraction of sp³-hybridized carbons (Fsp3) is 0.467. The van der Waals surface area contributed by atoms with Crippen LogP contribution in [0.25, 0.3) is 0 Å². The number of aromatic nitrogens is 3. The summed E-state index contributed by atoms with van der Waals surface area (Å²) in [5, 5.41) is 6.84. The number of thioether (sulfide) groups is 1. The Balaban J connectivity index is 1.53. The largest absolute Gasteiger partial charge is 0.361 e. The third-order valence-corrected chi connectivity index (χ3v) is 4.49. The lowest BCUT2D eigenvalue weighted by Crippen LogP contribution is -2.30. The van der Waals surface area contributed by atoms with Crippen molar-refractivity contribution < 1.29 is 9.32 Å². The maximum atomic E-state index is 12.1. The van der Waals surface area contributed by atoms with E-state index in [2.05, 4.69) is 20.4 Å². The summed E-state index contributed by atoms with van der Waals surface area (Å²) in [5.41, 5.74) is 1.13. The Labute approximate surface area is 137 Å². The van der Waals surface area contributed by atoms with Crippen molar-refractivity contribution in [1.82, 2.24) is 20.4 Å². The lowest BCUT2D eigenvalue weighted by molar-refractivity contribution is -0.120. The van der Waals surface area contributed by atoms with Crippen molar-refractivity contribution in [3.05, 3.63) is 39.6 Å². The zero-order valence-electron chi connectivity index (χ0n) is 13.0. The van der Waals surface area contributed by atoms with Crippen molar-refractivity contribution in [2.45, 2.75) is 49.6 Å². The highest BCUT2D eigenvalue weighted by molar-refractivity contribution is 8.00. The van der Waals surface area contributed by atoms with Crippen LogP contribution in [0.15, 0.2) is 26.6 Å². The van der Waals surface area contributed by atoms with Crippen molar-refractivity contribution >= 4 is 17.7 Å². The van der Waals surface area contributed by atoms with Gasteiger partial charge in [0.1, 0.15) is 11.5 Å². The predicted octanol–water partition coefficient (Wildman–Crippen LogP) is 1.74. The maximum Gasteiger partial charge on any atom is 0.251 e. The molecule has 1 atom stereocenters. The van der Waals surface area contributed by atoms with E-state index in [4.69, 9.17) is 4.52 Å². The topological polar surface area (TPSA) is 101 Å². The normalized spacial score (nSPS) is 15.4. The van der Waals surface area contributed by atoms with Crippen LogP contribution in [0, 0.1) is 6.92 Å². The lowest BCUT2D eigenvalue weighted by atomic mass is 10.3. The minimum atomic E-state index is -0.380. The van der Waals surface area contributed by atoms with E-state index in [-0.39, 0.29) is 16.7 Å². The molecule has 0 radical (unpaired) electrons. The molecule has 0 aromatic carbocycles. The molecule has 1 aliphatic carbocycles. The second-order valence-electron chi connectivity index (χ2n) is 5.66. The average molecular weight is 334 g/mol.